The topological polar surface area (TPSA) is 64.4 Å². The molecule has 6 nitrogen and oxygen atoms in total. The average molecular weight is 308 g/mol. The first-order valence-corrected chi connectivity index (χ1v) is 8.03. The van der Waals surface area contributed by atoms with Crippen molar-refractivity contribution in [3.8, 4) is 0 Å². The summed E-state index contributed by atoms with van der Waals surface area (Å²) in [7, 11) is -1.82. The zero-order valence-electron chi connectivity index (χ0n) is 11.2. The van der Waals surface area contributed by atoms with Crippen LogP contribution < -0.4 is 0 Å². The third kappa shape index (κ3) is 2.79. The minimum Gasteiger partial charge on any atom is -0.374 e. The predicted molar refractivity (Wildman–Crippen MR) is 71.8 cm³/mol. The number of aryl methyl sites for hydroxylation is 2. The second-order valence-electron chi connectivity index (χ2n) is 4.77. The van der Waals surface area contributed by atoms with Gasteiger partial charge in [0.15, 0.2) is 5.03 Å². The van der Waals surface area contributed by atoms with E-state index in [1.54, 1.807) is 18.5 Å². The standard InChI is InChI=1S/C11H18ClN3O3S/c1-8-7-18-10(4-12)5-15(8)19(16,17)11-6-14(3)9(2)13-11/h6,8,10H,4-5,7H2,1-3H3. The number of halogens is 1. The van der Waals surface area contributed by atoms with E-state index in [9.17, 15) is 8.42 Å². The Kier molecular flexibility index (Phi) is 4.20. The number of aromatic nitrogens is 2. The minimum atomic E-state index is -3.59. The van der Waals surface area contributed by atoms with Crippen molar-refractivity contribution in [3.05, 3.63) is 12.0 Å². The molecule has 0 aromatic carbocycles. The van der Waals surface area contributed by atoms with Gasteiger partial charge in [-0.25, -0.2) is 13.4 Å². The van der Waals surface area contributed by atoms with Crippen molar-refractivity contribution in [2.45, 2.75) is 31.0 Å². The molecule has 2 unspecified atom stereocenters. The molecule has 108 valence electrons. The lowest BCUT2D eigenvalue weighted by atomic mass is 10.2. The highest BCUT2D eigenvalue weighted by Gasteiger charge is 2.36. The molecule has 1 fully saturated rings. The Morgan fingerprint density at radius 1 is 1.58 bits per heavy atom. The van der Waals surface area contributed by atoms with E-state index in [2.05, 4.69) is 4.98 Å². The van der Waals surface area contributed by atoms with Crippen molar-refractivity contribution in [1.82, 2.24) is 13.9 Å². The van der Waals surface area contributed by atoms with Gasteiger partial charge in [-0.05, 0) is 13.8 Å². The van der Waals surface area contributed by atoms with Crippen LogP contribution in [0, 0.1) is 6.92 Å². The van der Waals surface area contributed by atoms with E-state index in [0.717, 1.165) is 0 Å². The van der Waals surface area contributed by atoms with Crippen LogP contribution in [-0.4, -0.2) is 53.5 Å². The van der Waals surface area contributed by atoms with Crippen molar-refractivity contribution in [1.29, 1.82) is 0 Å². The number of hydrogen-bond donors (Lipinski definition) is 0. The summed E-state index contributed by atoms with van der Waals surface area (Å²) in [6.07, 6.45) is 1.26. The van der Waals surface area contributed by atoms with Gasteiger partial charge in [-0.1, -0.05) is 0 Å². The van der Waals surface area contributed by atoms with Gasteiger partial charge in [0.05, 0.1) is 12.7 Å². The fourth-order valence-corrected chi connectivity index (χ4v) is 3.85. The first-order valence-electron chi connectivity index (χ1n) is 6.05. The lowest BCUT2D eigenvalue weighted by Crippen LogP contribution is -2.51. The van der Waals surface area contributed by atoms with Gasteiger partial charge in [0, 0.05) is 31.7 Å². The monoisotopic (exact) mass is 307 g/mol. The van der Waals surface area contributed by atoms with E-state index in [-0.39, 0.29) is 29.6 Å². The molecule has 1 saturated heterocycles. The maximum absolute atomic E-state index is 12.6. The third-order valence-corrected chi connectivity index (χ3v) is 5.48. The van der Waals surface area contributed by atoms with Crippen molar-refractivity contribution in [2.75, 3.05) is 19.0 Å². The van der Waals surface area contributed by atoms with E-state index in [0.29, 0.717) is 12.4 Å². The number of rotatable bonds is 3. The number of morpholine rings is 1. The third-order valence-electron chi connectivity index (χ3n) is 3.28. The van der Waals surface area contributed by atoms with Gasteiger partial charge in [-0.3, -0.25) is 0 Å². The largest absolute Gasteiger partial charge is 0.374 e. The molecule has 0 bridgehead atoms. The molecule has 2 heterocycles. The summed E-state index contributed by atoms with van der Waals surface area (Å²) in [5.74, 6) is 0.938. The zero-order valence-corrected chi connectivity index (χ0v) is 12.8. The van der Waals surface area contributed by atoms with Crippen LogP contribution in [0.25, 0.3) is 0 Å². The van der Waals surface area contributed by atoms with Gasteiger partial charge < -0.3 is 9.30 Å². The Morgan fingerprint density at radius 3 is 2.79 bits per heavy atom. The van der Waals surface area contributed by atoms with E-state index >= 15 is 0 Å². The second-order valence-corrected chi connectivity index (χ2v) is 6.92. The molecular weight excluding hydrogens is 290 g/mol. The van der Waals surface area contributed by atoms with Gasteiger partial charge in [0.2, 0.25) is 0 Å². The number of nitrogens with zero attached hydrogens (tertiary/aromatic N) is 3. The molecule has 0 N–H and O–H groups in total. The Labute approximate surface area is 118 Å². The van der Waals surface area contributed by atoms with Crippen LogP contribution in [0.5, 0.6) is 0 Å². The van der Waals surface area contributed by atoms with Gasteiger partial charge >= 0.3 is 0 Å². The quantitative estimate of drug-likeness (QED) is 0.773. The van der Waals surface area contributed by atoms with Crippen LogP contribution >= 0.6 is 11.6 Å². The molecule has 0 spiro atoms. The molecule has 8 heteroatoms. The maximum atomic E-state index is 12.6. The van der Waals surface area contributed by atoms with Crippen molar-refractivity contribution in [2.24, 2.45) is 7.05 Å². The fourth-order valence-electron chi connectivity index (χ4n) is 1.99. The molecular formula is C11H18ClN3O3S. The Morgan fingerprint density at radius 2 is 2.26 bits per heavy atom. The molecule has 0 aliphatic carbocycles. The highest BCUT2D eigenvalue weighted by atomic mass is 35.5. The summed E-state index contributed by atoms with van der Waals surface area (Å²) in [5.41, 5.74) is 0. The van der Waals surface area contributed by atoms with E-state index in [1.807, 2.05) is 6.92 Å². The van der Waals surface area contributed by atoms with Crippen LogP contribution in [0.1, 0.15) is 12.7 Å². The molecule has 1 aromatic heterocycles. The number of hydrogen-bond acceptors (Lipinski definition) is 4. The molecule has 2 rings (SSSR count). The molecule has 2 atom stereocenters. The van der Waals surface area contributed by atoms with Crippen LogP contribution in [-0.2, 0) is 21.8 Å². The zero-order chi connectivity index (χ0) is 14.2. The van der Waals surface area contributed by atoms with Crippen molar-refractivity contribution in [3.63, 3.8) is 0 Å². The SMILES string of the molecule is Cc1nc(S(=O)(=O)N2CC(CCl)OCC2C)cn1C. The molecule has 0 amide bonds. The summed E-state index contributed by atoms with van der Waals surface area (Å²) < 4.78 is 33.7. The lowest BCUT2D eigenvalue weighted by molar-refractivity contribution is -0.0152. The van der Waals surface area contributed by atoms with Gasteiger partial charge in [-0.15, -0.1) is 11.6 Å². The van der Waals surface area contributed by atoms with Gasteiger partial charge in [-0.2, -0.15) is 4.31 Å². The fraction of sp³-hybridized carbons (Fsp3) is 0.727. The highest BCUT2D eigenvalue weighted by molar-refractivity contribution is 7.89. The van der Waals surface area contributed by atoms with E-state index < -0.39 is 10.0 Å². The van der Waals surface area contributed by atoms with Gasteiger partial charge in [0.1, 0.15) is 5.82 Å². The smallest absolute Gasteiger partial charge is 0.262 e. The summed E-state index contributed by atoms with van der Waals surface area (Å²) in [6, 6.07) is -0.216. The molecule has 0 saturated carbocycles. The van der Waals surface area contributed by atoms with Crippen LogP contribution in [0.15, 0.2) is 11.2 Å². The van der Waals surface area contributed by atoms with Crippen LogP contribution in [0.3, 0.4) is 0 Å². The summed E-state index contributed by atoms with van der Waals surface area (Å²) in [5, 5.41) is 0.0783. The summed E-state index contributed by atoms with van der Waals surface area (Å²) in [6.45, 7) is 4.20. The summed E-state index contributed by atoms with van der Waals surface area (Å²) >= 11 is 5.75. The predicted octanol–water partition coefficient (Wildman–Crippen LogP) is 0.745. The first-order chi connectivity index (χ1) is 8.86. The second kappa shape index (κ2) is 5.40. The van der Waals surface area contributed by atoms with E-state index in [4.69, 9.17) is 16.3 Å². The number of sulfonamides is 1. The molecule has 1 aromatic rings. The molecule has 1 aliphatic heterocycles. The van der Waals surface area contributed by atoms with Crippen LogP contribution in [0.4, 0.5) is 0 Å². The lowest BCUT2D eigenvalue weighted by Gasteiger charge is -2.35. The average Bonchev–Trinajstić information content (AvgIpc) is 2.71. The van der Waals surface area contributed by atoms with Crippen molar-refractivity contribution >= 4 is 21.6 Å². The first kappa shape index (κ1) is 14.8. The summed E-state index contributed by atoms with van der Waals surface area (Å²) in [4.78, 5) is 4.10. The molecule has 0 radical (unpaired) electrons. The highest BCUT2D eigenvalue weighted by Crippen LogP contribution is 2.22. The minimum absolute atomic E-state index is 0.0783. The molecule has 1 aliphatic rings. The van der Waals surface area contributed by atoms with Crippen molar-refractivity contribution < 1.29 is 13.2 Å². The number of alkyl halides is 1. The number of imidazole rings is 1. The maximum Gasteiger partial charge on any atom is 0.262 e. The Bertz CT molecular complexity index is 538. The Balaban J connectivity index is 2.32. The van der Waals surface area contributed by atoms with E-state index in [1.165, 1.54) is 10.5 Å². The Hall–Kier alpha value is -0.630. The number of ether oxygens (including phenoxy) is 1. The van der Waals surface area contributed by atoms with Gasteiger partial charge in [0.25, 0.3) is 10.0 Å². The normalized spacial score (nSPS) is 25.7. The van der Waals surface area contributed by atoms with Crippen LogP contribution in [0.2, 0.25) is 0 Å². The molecule has 19 heavy (non-hydrogen) atoms.